The van der Waals surface area contributed by atoms with Gasteiger partial charge in [-0.05, 0) is 38.9 Å². The molecular weight excluding hydrogens is 315 g/mol. The summed E-state index contributed by atoms with van der Waals surface area (Å²) in [5, 5.41) is 37.3. The van der Waals surface area contributed by atoms with E-state index in [1.807, 2.05) is 0 Å². The highest BCUT2D eigenvalue weighted by molar-refractivity contribution is 6.40. The second-order valence-electron chi connectivity index (χ2n) is 6.75. The number of hydrogen-bond acceptors (Lipinski definition) is 6. The molecule has 1 amide bonds. The van der Waals surface area contributed by atoms with Crippen molar-refractivity contribution in [3.8, 4) is 0 Å². The van der Waals surface area contributed by atoms with Gasteiger partial charge in [-0.15, -0.1) is 0 Å². The number of aliphatic carboxylic acids is 1. The standard InChI is InChI=1S/C13H24N2O4.C2H7BO2/c1-13(2,19)10(14)11(16)15-7-8-5-3-4-6-9(8)12(17)18;1-2-3(4)5/h8-10,19H,3-7,14H2,1-2H3,(H,15,16)(H,17,18);4-5H,2H2,1H3. The van der Waals surface area contributed by atoms with E-state index in [1.54, 1.807) is 6.92 Å². The highest BCUT2D eigenvalue weighted by Gasteiger charge is 2.33. The highest BCUT2D eigenvalue weighted by atomic mass is 16.4. The van der Waals surface area contributed by atoms with E-state index in [0.717, 1.165) is 19.3 Å². The fraction of sp³-hybridized carbons (Fsp3) is 0.867. The molecule has 7 N–H and O–H groups in total. The fourth-order valence-electron chi connectivity index (χ4n) is 2.44. The number of nitrogens with one attached hydrogen (secondary N) is 1. The predicted octanol–water partition coefficient (Wildman–Crippen LogP) is -0.429. The van der Waals surface area contributed by atoms with E-state index in [9.17, 15) is 14.7 Å². The number of hydrogen-bond donors (Lipinski definition) is 6. The van der Waals surface area contributed by atoms with Crippen molar-refractivity contribution in [2.75, 3.05) is 6.54 Å². The molecule has 1 aliphatic carbocycles. The predicted molar refractivity (Wildman–Crippen MR) is 91.0 cm³/mol. The SMILES string of the molecule is CC(C)(O)C(N)C(=O)NCC1CCCCC1C(=O)O.CCB(O)O. The topological polar surface area (TPSA) is 153 Å². The minimum absolute atomic E-state index is 0.0517. The molecule has 0 aromatic heterocycles. The number of carboxylic acids is 1. The van der Waals surface area contributed by atoms with Crippen LogP contribution in [-0.4, -0.2) is 57.4 Å². The molecule has 0 aromatic carbocycles. The fourth-order valence-corrected chi connectivity index (χ4v) is 2.44. The van der Waals surface area contributed by atoms with Crippen LogP contribution >= 0.6 is 0 Å². The Bertz CT molecular complexity index is 400. The Balaban J connectivity index is 0.000000922. The summed E-state index contributed by atoms with van der Waals surface area (Å²) in [6.45, 7) is 4.94. The summed E-state index contributed by atoms with van der Waals surface area (Å²) in [6.07, 6.45) is 3.79. The zero-order chi connectivity index (χ0) is 18.9. The minimum atomic E-state index is -1.29. The van der Waals surface area contributed by atoms with Crippen LogP contribution in [0, 0.1) is 11.8 Å². The maximum absolute atomic E-state index is 11.8. The molecule has 1 rings (SSSR count). The van der Waals surface area contributed by atoms with E-state index in [0.29, 0.717) is 19.3 Å². The van der Waals surface area contributed by atoms with Crippen molar-refractivity contribution in [2.24, 2.45) is 17.6 Å². The zero-order valence-corrected chi connectivity index (χ0v) is 14.7. The van der Waals surface area contributed by atoms with Crippen molar-refractivity contribution >= 4 is 19.0 Å². The first-order valence-electron chi connectivity index (χ1n) is 8.35. The molecule has 140 valence electrons. The van der Waals surface area contributed by atoms with Gasteiger partial charge in [-0.1, -0.05) is 19.8 Å². The second-order valence-corrected chi connectivity index (χ2v) is 6.75. The van der Waals surface area contributed by atoms with Crippen LogP contribution in [0.2, 0.25) is 6.32 Å². The van der Waals surface area contributed by atoms with Gasteiger partial charge in [0.2, 0.25) is 5.91 Å². The van der Waals surface area contributed by atoms with Crippen LogP contribution in [0.3, 0.4) is 0 Å². The molecular formula is C15H31BN2O6. The van der Waals surface area contributed by atoms with E-state index in [-0.39, 0.29) is 5.92 Å². The van der Waals surface area contributed by atoms with Crippen molar-refractivity contribution < 1.29 is 29.9 Å². The lowest BCUT2D eigenvalue weighted by molar-refractivity contribution is -0.145. The summed E-state index contributed by atoms with van der Waals surface area (Å²) in [7, 11) is -1.12. The third-order valence-corrected chi connectivity index (χ3v) is 4.17. The van der Waals surface area contributed by atoms with Gasteiger partial charge in [0.15, 0.2) is 0 Å². The van der Waals surface area contributed by atoms with E-state index in [2.05, 4.69) is 5.32 Å². The number of amides is 1. The first-order chi connectivity index (χ1) is 11.0. The Morgan fingerprint density at radius 1 is 1.29 bits per heavy atom. The van der Waals surface area contributed by atoms with Crippen LogP contribution in [0.25, 0.3) is 0 Å². The number of rotatable bonds is 6. The molecule has 8 nitrogen and oxygen atoms in total. The smallest absolute Gasteiger partial charge is 0.451 e. The average molecular weight is 346 g/mol. The zero-order valence-electron chi connectivity index (χ0n) is 14.7. The van der Waals surface area contributed by atoms with Crippen LogP contribution in [0.4, 0.5) is 0 Å². The summed E-state index contributed by atoms with van der Waals surface area (Å²) in [6, 6.07) is -1.01. The van der Waals surface area contributed by atoms with Crippen molar-refractivity contribution in [1.29, 1.82) is 0 Å². The third kappa shape index (κ3) is 8.63. The van der Waals surface area contributed by atoms with Crippen molar-refractivity contribution in [3.05, 3.63) is 0 Å². The summed E-state index contributed by atoms with van der Waals surface area (Å²) in [4.78, 5) is 22.9. The van der Waals surface area contributed by atoms with Gasteiger partial charge in [-0.2, -0.15) is 0 Å². The minimum Gasteiger partial charge on any atom is -0.481 e. The molecule has 1 fully saturated rings. The summed E-state index contributed by atoms with van der Waals surface area (Å²) in [5.74, 6) is -1.69. The molecule has 0 saturated heterocycles. The van der Waals surface area contributed by atoms with Gasteiger partial charge in [0.25, 0.3) is 0 Å². The van der Waals surface area contributed by atoms with Gasteiger partial charge in [-0.25, -0.2) is 0 Å². The molecule has 0 heterocycles. The van der Waals surface area contributed by atoms with E-state index in [4.69, 9.17) is 20.9 Å². The van der Waals surface area contributed by atoms with Crippen LogP contribution in [0.15, 0.2) is 0 Å². The number of nitrogens with two attached hydrogens (primary N) is 1. The van der Waals surface area contributed by atoms with Gasteiger partial charge in [0, 0.05) is 6.54 Å². The lowest BCUT2D eigenvalue weighted by Gasteiger charge is -2.30. The van der Waals surface area contributed by atoms with E-state index >= 15 is 0 Å². The average Bonchev–Trinajstić information content (AvgIpc) is 2.51. The molecule has 0 radical (unpaired) electrons. The molecule has 3 unspecified atom stereocenters. The Labute approximate surface area is 143 Å². The van der Waals surface area contributed by atoms with E-state index in [1.165, 1.54) is 13.8 Å². The van der Waals surface area contributed by atoms with Crippen LogP contribution < -0.4 is 11.1 Å². The third-order valence-electron chi connectivity index (χ3n) is 4.17. The largest absolute Gasteiger partial charge is 0.481 e. The Morgan fingerprint density at radius 2 is 1.79 bits per heavy atom. The van der Waals surface area contributed by atoms with Crippen molar-refractivity contribution in [3.63, 3.8) is 0 Å². The molecule has 24 heavy (non-hydrogen) atoms. The molecule has 9 heteroatoms. The summed E-state index contributed by atoms with van der Waals surface area (Å²) in [5.41, 5.74) is 4.34. The highest BCUT2D eigenvalue weighted by Crippen LogP contribution is 2.29. The summed E-state index contributed by atoms with van der Waals surface area (Å²) >= 11 is 0. The lowest BCUT2D eigenvalue weighted by atomic mass is 9.79. The Kier molecular flexibility index (Phi) is 10.1. The lowest BCUT2D eigenvalue weighted by Crippen LogP contribution is -2.54. The Morgan fingerprint density at radius 3 is 2.21 bits per heavy atom. The first-order valence-corrected chi connectivity index (χ1v) is 8.35. The number of carboxylic acid groups (broad SMARTS) is 1. The molecule has 3 atom stereocenters. The van der Waals surface area contributed by atoms with Crippen molar-refractivity contribution in [1.82, 2.24) is 5.32 Å². The Hall–Kier alpha value is -1.16. The number of aliphatic hydroxyl groups is 1. The summed E-state index contributed by atoms with van der Waals surface area (Å²) < 4.78 is 0. The monoisotopic (exact) mass is 346 g/mol. The van der Waals surface area contributed by atoms with Gasteiger partial charge in [0.05, 0.1) is 11.5 Å². The number of carbonyl (C=O) groups excluding carboxylic acids is 1. The number of carbonyl (C=O) groups is 2. The van der Waals surface area contributed by atoms with Crippen LogP contribution in [0.1, 0.15) is 46.5 Å². The van der Waals surface area contributed by atoms with E-state index < -0.39 is 36.6 Å². The van der Waals surface area contributed by atoms with Crippen LogP contribution in [-0.2, 0) is 9.59 Å². The maximum atomic E-state index is 11.8. The second kappa shape index (κ2) is 10.7. The normalized spacial score (nSPS) is 22.0. The molecule has 1 aliphatic rings. The quantitative estimate of drug-likeness (QED) is 0.357. The molecule has 0 spiro atoms. The van der Waals surface area contributed by atoms with Gasteiger partial charge in [-0.3, -0.25) is 9.59 Å². The maximum Gasteiger partial charge on any atom is 0.451 e. The first kappa shape index (κ1) is 22.8. The van der Waals surface area contributed by atoms with Crippen LogP contribution in [0.5, 0.6) is 0 Å². The van der Waals surface area contributed by atoms with Crippen molar-refractivity contribution in [2.45, 2.75) is 64.4 Å². The molecule has 0 aliphatic heterocycles. The van der Waals surface area contributed by atoms with Gasteiger partial charge >= 0.3 is 13.1 Å². The molecule has 0 bridgehead atoms. The molecule has 1 saturated carbocycles. The molecule has 0 aromatic rings. The van der Waals surface area contributed by atoms with Gasteiger partial charge in [0.1, 0.15) is 6.04 Å². The van der Waals surface area contributed by atoms with Gasteiger partial charge < -0.3 is 31.3 Å².